The summed E-state index contributed by atoms with van der Waals surface area (Å²) in [5.41, 5.74) is 1.05. The molecule has 1 aliphatic rings. The van der Waals surface area contributed by atoms with E-state index in [-0.39, 0.29) is 5.69 Å². The third kappa shape index (κ3) is 7.15. The molecule has 1 aromatic carbocycles. The number of likely N-dealkylation sites (tertiary alicyclic amines) is 1. The first-order valence-corrected chi connectivity index (χ1v) is 9.51. The number of rotatable bonds is 9. The number of aliphatic imine (C=N–C) groups is 1. The van der Waals surface area contributed by atoms with Crippen LogP contribution in [-0.4, -0.2) is 61.8 Å². The highest BCUT2D eigenvalue weighted by Gasteiger charge is 2.21. The third-order valence-electron chi connectivity index (χ3n) is 4.48. The number of nitro groups is 1. The summed E-state index contributed by atoms with van der Waals surface area (Å²) in [5, 5.41) is 14.1. The van der Waals surface area contributed by atoms with Gasteiger partial charge in [0.25, 0.3) is 5.69 Å². The van der Waals surface area contributed by atoms with Crippen molar-refractivity contribution in [1.29, 1.82) is 0 Å². The molecule has 0 aliphatic carbocycles. The van der Waals surface area contributed by atoms with Crippen LogP contribution in [0.25, 0.3) is 0 Å². The van der Waals surface area contributed by atoms with E-state index in [1.807, 2.05) is 6.92 Å². The van der Waals surface area contributed by atoms with Crippen molar-refractivity contribution in [3.05, 3.63) is 39.9 Å². The van der Waals surface area contributed by atoms with Gasteiger partial charge in [0.2, 0.25) is 0 Å². The van der Waals surface area contributed by atoms with Crippen LogP contribution in [0.2, 0.25) is 0 Å². The largest absolute Gasteiger partial charge is 0.385 e. The smallest absolute Gasteiger partial charge is 0.269 e. The lowest BCUT2D eigenvalue weighted by Crippen LogP contribution is -2.47. The Hall–Kier alpha value is -2.19. The lowest BCUT2D eigenvalue weighted by atomic mass is 10.1. The fourth-order valence-corrected chi connectivity index (χ4v) is 3.00. The molecule has 0 atom stereocenters. The number of piperidine rings is 1. The van der Waals surface area contributed by atoms with Crippen LogP contribution in [0.3, 0.4) is 0 Å². The van der Waals surface area contributed by atoms with Crippen LogP contribution in [0.1, 0.15) is 31.7 Å². The van der Waals surface area contributed by atoms with Crippen LogP contribution >= 0.6 is 0 Å². The molecule has 0 bridgehead atoms. The maximum absolute atomic E-state index is 10.7. The van der Waals surface area contributed by atoms with E-state index in [0.29, 0.717) is 12.6 Å². The van der Waals surface area contributed by atoms with Crippen molar-refractivity contribution in [3.63, 3.8) is 0 Å². The van der Waals surface area contributed by atoms with Gasteiger partial charge in [-0.3, -0.25) is 10.1 Å². The molecule has 1 aromatic rings. The minimum atomic E-state index is -0.390. The van der Waals surface area contributed by atoms with Crippen molar-refractivity contribution in [1.82, 2.24) is 10.2 Å². The predicted octanol–water partition coefficient (Wildman–Crippen LogP) is 2.58. The number of hydrogen-bond donors (Lipinski definition) is 1. The van der Waals surface area contributed by atoms with E-state index in [2.05, 4.69) is 10.2 Å². The topological polar surface area (TPSA) is 89.2 Å². The molecule has 0 amide bonds. The van der Waals surface area contributed by atoms with Crippen molar-refractivity contribution < 1.29 is 14.4 Å². The van der Waals surface area contributed by atoms with Gasteiger partial charge in [0, 0.05) is 52.1 Å². The fourth-order valence-electron chi connectivity index (χ4n) is 3.00. The summed E-state index contributed by atoms with van der Waals surface area (Å²) in [4.78, 5) is 17.3. The number of guanidine groups is 1. The highest BCUT2D eigenvalue weighted by atomic mass is 16.6. The van der Waals surface area contributed by atoms with Crippen LogP contribution in [0, 0.1) is 10.1 Å². The molecule has 8 nitrogen and oxygen atoms in total. The SMILES string of the molecule is CCNC(=NCc1ccc([N+](=O)[O-])cc1)N1CCC(OCCCOC)CC1. The average Bonchev–Trinajstić information content (AvgIpc) is 2.69. The van der Waals surface area contributed by atoms with Gasteiger partial charge in [-0.15, -0.1) is 0 Å². The van der Waals surface area contributed by atoms with E-state index in [1.54, 1.807) is 19.2 Å². The molecule has 1 aliphatic heterocycles. The first-order valence-electron chi connectivity index (χ1n) is 9.51. The van der Waals surface area contributed by atoms with Crippen molar-refractivity contribution in [2.45, 2.75) is 38.8 Å². The zero-order chi connectivity index (χ0) is 19.5. The van der Waals surface area contributed by atoms with E-state index in [4.69, 9.17) is 14.5 Å². The third-order valence-corrected chi connectivity index (χ3v) is 4.48. The summed E-state index contributed by atoms with van der Waals surface area (Å²) in [6.45, 7) is 6.63. The van der Waals surface area contributed by atoms with Gasteiger partial charge < -0.3 is 19.7 Å². The summed E-state index contributed by atoms with van der Waals surface area (Å²) in [6, 6.07) is 6.55. The van der Waals surface area contributed by atoms with Crippen molar-refractivity contribution in [2.75, 3.05) is 40.0 Å². The average molecular weight is 378 g/mol. The molecule has 0 spiro atoms. The van der Waals surface area contributed by atoms with E-state index >= 15 is 0 Å². The van der Waals surface area contributed by atoms with E-state index in [1.165, 1.54) is 12.1 Å². The van der Waals surface area contributed by atoms with Gasteiger partial charge >= 0.3 is 0 Å². The van der Waals surface area contributed by atoms with Crippen LogP contribution in [-0.2, 0) is 16.0 Å². The van der Waals surface area contributed by atoms with Gasteiger partial charge in [0.1, 0.15) is 0 Å². The number of benzene rings is 1. The van der Waals surface area contributed by atoms with Gasteiger partial charge in [-0.05, 0) is 31.7 Å². The molecule has 150 valence electrons. The van der Waals surface area contributed by atoms with Crippen LogP contribution in [0.4, 0.5) is 5.69 Å². The molecule has 1 N–H and O–H groups in total. The van der Waals surface area contributed by atoms with Crippen molar-refractivity contribution in [3.8, 4) is 0 Å². The second-order valence-electron chi connectivity index (χ2n) is 6.50. The number of ether oxygens (including phenoxy) is 2. The number of methoxy groups -OCH3 is 1. The number of non-ortho nitro benzene ring substituents is 1. The second-order valence-corrected chi connectivity index (χ2v) is 6.50. The summed E-state index contributed by atoms with van der Waals surface area (Å²) >= 11 is 0. The molecular weight excluding hydrogens is 348 g/mol. The maximum atomic E-state index is 10.7. The molecule has 0 aromatic heterocycles. The molecule has 0 saturated carbocycles. The summed E-state index contributed by atoms with van der Waals surface area (Å²) in [6.07, 6.45) is 3.19. The Labute approximate surface area is 160 Å². The molecule has 8 heteroatoms. The van der Waals surface area contributed by atoms with Gasteiger partial charge in [0.05, 0.1) is 17.6 Å². The summed E-state index contributed by atoms with van der Waals surface area (Å²) in [7, 11) is 1.71. The Bertz CT molecular complexity index is 598. The molecule has 1 saturated heterocycles. The summed E-state index contributed by atoms with van der Waals surface area (Å²) < 4.78 is 11.0. The standard InChI is InChI=1S/C19H30N4O4/c1-3-20-19(21-15-16-5-7-17(8-6-16)23(24)25)22-11-9-18(10-12-22)27-14-4-13-26-2/h5-8,18H,3-4,9-15H2,1-2H3,(H,20,21). The van der Waals surface area contributed by atoms with E-state index in [0.717, 1.165) is 63.6 Å². The normalized spacial score (nSPS) is 15.8. The Morgan fingerprint density at radius 2 is 2.00 bits per heavy atom. The lowest BCUT2D eigenvalue weighted by Gasteiger charge is -2.34. The Morgan fingerprint density at radius 3 is 2.59 bits per heavy atom. The zero-order valence-electron chi connectivity index (χ0n) is 16.2. The number of nitrogens with zero attached hydrogens (tertiary/aromatic N) is 3. The van der Waals surface area contributed by atoms with Crippen LogP contribution in [0.5, 0.6) is 0 Å². The fraction of sp³-hybridized carbons (Fsp3) is 0.632. The Balaban J connectivity index is 1.85. The molecule has 1 heterocycles. The van der Waals surface area contributed by atoms with E-state index in [9.17, 15) is 10.1 Å². The van der Waals surface area contributed by atoms with Crippen molar-refractivity contribution in [2.24, 2.45) is 4.99 Å². The molecular formula is C19H30N4O4. The molecule has 27 heavy (non-hydrogen) atoms. The number of hydrogen-bond acceptors (Lipinski definition) is 5. The Morgan fingerprint density at radius 1 is 1.30 bits per heavy atom. The number of nitrogens with one attached hydrogen (secondary N) is 1. The van der Waals surface area contributed by atoms with Crippen LogP contribution < -0.4 is 5.32 Å². The van der Waals surface area contributed by atoms with Crippen molar-refractivity contribution >= 4 is 11.6 Å². The highest BCUT2D eigenvalue weighted by Crippen LogP contribution is 2.16. The minimum Gasteiger partial charge on any atom is -0.385 e. The first-order chi connectivity index (χ1) is 13.1. The molecule has 0 unspecified atom stereocenters. The Kier molecular flexibility index (Phi) is 9.00. The summed E-state index contributed by atoms with van der Waals surface area (Å²) in [5.74, 6) is 0.883. The molecule has 0 radical (unpaired) electrons. The second kappa shape index (κ2) is 11.5. The number of nitro benzene ring substituents is 1. The predicted molar refractivity (Wildman–Crippen MR) is 105 cm³/mol. The quantitative estimate of drug-likeness (QED) is 0.234. The molecule has 2 rings (SSSR count). The van der Waals surface area contributed by atoms with Crippen LogP contribution in [0.15, 0.2) is 29.3 Å². The lowest BCUT2D eigenvalue weighted by molar-refractivity contribution is -0.384. The van der Waals surface area contributed by atoms with E-state index < -0.39 is 4.92 Å². The molecule has 1 fully saturated rings. The zero-order valence-corrected chi connectivity index (χ0v) is 16.2. The maximum Gasteiger partial charge on any atom is 0.269 e. The minimum absolute atomic E-state index is 0.0993. The van der Waals surface area contributed by atoms with Gasteiger partial charge in [-0.1, -0.05) is 12.1 Å². The monoisotopic (exact) mass is 378 g/mol. The highest BCUT2D eigenvalue weighted by molar-refractivity contribution is 5.80. The van der Waals surface area contributed by atoms with Gasteiger partial charge in [-0.25, -0.2) is 4.99 Å². The van der Waals surface area contributed by atoms with Gasteiger partial charge in [-0.2, -0.15) is 0 Å². The van der Waals surface area contributed by atoms with Gasteiger partial charge in [0.15, 0.2) is 5.96 Å². The first kappa shape index (κ1) is 21.1.